The van der Waals surface area contributed by atoms with E-state index < -0.39 is 11.5 Å². The molecule has 2 heterocycles. The van der Waals surface area contributed by atoms with Gasteiger partial charge in [0, 0.05) is 18.3 Å². The summed E-state index contributed by atoms with van der Waals surface area (Å²) in [6.45, 7) is 10.5. The van der Waals surface area contributed by atoms with Crippen molar-refractivity contribution in [2.24, 2.45) is 10.7 Å². The lowest BCUT2D eigenvalue weighted by molar-refractivity contribution is 0.0956. The first-order valence-corrected chi connectivity index (χ1v) is 10.8. The number of aliphatic imine (C=N–C) groups is 1. The molecule has 0 unspecified atom stereocenters. The van der Waals surface area contributed by atoms with E-state index in [0.717, 1.165) is 5.57 Å². The Morgan fingerprint density at radius 1 is 1.36 bits per heavy atom. The van der Waals surface area contributed by atoms with E-state index in [9.17, 15) is 14.7 Å². The number of aromatic nitrogens is 4. The maximum absolute atomic E-state index is 12.0. The molecule has 0 fully saturated rings. The molecule has 6 N–H and O–H groups in total. The largest absolute Gasteiger partial charge is 0.385 e. The molecule has 2 amide bonds. The number of aromatic amines is 1. The Kier molecular flexibility index (Phi) is 8.90. The second kappa shape index (κ2) is 11.6. The maximum Gasteiger partial charge on any atom is 0.273 e. The summed E-state index contributed by atoms with van der Waals surface area (Å²) in [6, 6.07) is 1.68. The Labute approximate surface area is 209 Å². The Morgan fingerprint density at radius 3 is 2.61 bits per heavy atom. The molecular formula is C25H30N8O3. The molecule has 0 atom stereocenters. The molecule has 0 saturated heterocycles. The van der Waals surface area contributed by atoms with Crippen LogP contribution in [0, 0.1) is 12.3 Å². The van der Waals surface area contributed by atoms with E-state index in [-0.39, 0.29) is 17.3 Å². The number of nitrogens with one attached hydrogen (secondary N) is 3. The molecule has 0 aliphatic carbocycles. The van der Waals surface area contributed by atoms with Crippen molar-refractivity contribution in [2.75, 3.05) is 7.05 Å². The van der Waals surface area contributed by atoms with Gasteiger partial charge in [-0.2, -0.15) is 0 Å². The van der Waals surface area contributed by atoms with Crippen LogP contribution in [0.5, 0.6) is 0 Å². The zero-order valence-corrected chi connectivity index (χ0v) is 20.9. The quantitative estimate of drug-likeness (QED) is 0.156. The van der Waals surface area contributed by atoms with Gasteiger partial charge in [-0.1, -0.05) is 23.8 Å². The van der Waals surface area contributed by atoms with Crippen LogP contribution in [0.3, 0.4) is 0 Å². The lowest BCUT2D eigenvalue weighted by Crippen LogP contribution is -2.20. The van der Waals surface area contributed by atoms with E-state index in [1.807, 2.05) is 6.92 Å². The van der Waals surface area contributed by atoms with E-state index >= 15 is 0 Å². The minimum atomic E-state index is -1.16. The highest BCUT2D eigenvalue weighted by atomic mass is 16.3. The van der Waals surface area contributed by atoms with Crippen molar-refractivity contribution in [3.63, 3.8) is 0 Å². The number of H-pyrrole nitrogens is 1. The molecule has 0 radical (unpaired) electrons. The van der Waals surface area contributed by atoms with Gasteiger partial charge in [0.1, 0.15) is 11.5 Å². The number of allylic oxidation sites excluding steroid dienone is 4. The summed E-state index contributed by atoms with van der Waals surface area (Å²) in [4.78, 5) is 31.1. The molecule has 0 saturated carbocycles. The van der Waals surface area contributed by atoms with Crippen molar-refractivity contribution < 1.29 is 14.7 Å². The van der Waals surface area contributed by atoms with Gasteiger partial charge in [0.2, 0.25) is 0 Å². The number of amides is 2. The Balaban J connectivity index is 2.34. The van der Waals surface area contributed by atoms with Crippen molar-refractivity contribution in [1.82, 2.24) is 30.6 Å². The number of hydrogen-bond acceptors (Lipinski definition) is 6. The fourth-order valence-corrected chi connectivity index (χ4v) is 2.93. The molecule has 0 aromatic carbocycles. The number of primary amides is 1. The van der Waals surface area contributed by atoms with Crippen LogP contribution >= 0.6 is 0 Å². The van der Waals surface area contributed by atoms with Crippen LogP contribution in [0.25, 0.3) is 11.8 Å². The molecule has 36 heavy (non-hydrogen) atoms. The van der Waals surface area contributed by atoms with E-state index in [1.165, 1.54) is 24.0 Å². The monoisotopic (exact) mass is 490 g/mol. The summed E-state index contributed by atoms with van der Waals surface area (Å²) in [7, 11) is 1.50. The highest BCUT2D eigenvalue weighted by Crippen LogP contribution is 2.25. The third-order valence-electron chi connectivity index (χ3n) is 4.86. The molecule has 0 aliphatic heterocycles. The molecule has 11 nitrogen and oxygen atoms in total. The normalized spacial score (nSPS) is 13.2. The number of aliphatic hydroxyl groups is 1. The molecule has 2 aromatic rings. The van der Waals surface area contributed by atoms with Crippen LogP contribution in [0.4, 0.5) is 5.69 Å². The summed E-state index contributed by atoms with van der Waals surface area (Å²) in [5.74, 6) is 1.86. The number of nitrogens with two attached hydrogens (primary N) is 1. The maximum atomic E-state index is 12.0. The summed E-state index contributed by atoms with van der Waals surface area (Å²) in [6.07, 6.45) is 13.4. The minimum Gasteiger partial charge on any atom is -0.385 e. The molecular weight excluding hydrogens is 460 g/mol. The summed E-state index contributed by atoms with van der Waals surface area (Å²) < 4.78 is 1.35. The number of terminal acetylenes is 1. The van der Waals surface area contributed by atoms with Gasteiger partial charge in [-0.15, -0.1) is 11.5 Å². The number of nitrogens with zero attached hydrogens (tertiary/aromatic N) is 4. The van der Waals surface area contributed by atoms with Gasteiger partial charge in [-0.25, -0.2) is 9.67 Å². The topological polar surface area (TPSA) is 163 Å². The van der Waals surface area contributed by atoms with Crippen LogP contribution in [-0.2, 0) is 0 Å². The average molecular weight is 491 g/mol. The summed E-state index contributed by atoms with van der Waals surface area (Å²) in [5, 5.41) is 23.3. The Bertz CT molecular complexity index is 1320. The zero-order valence-electron chi connectivity index (χ0n) is 20.9. The van der Waals surface area contributed by atoms with Crippen LogP contribution in [-0.4, -0.2) is 55.4 Å². The number of rotatable bonds is 9. The number of carbonyl (C=O) groups is 2. The molecule has 2 aromatic heterocycles. The predicted molar refractivity (Wildman–Crippen MR) is 140 cm³/mol. The van der Waals surface area contributed by atoms with Gasteiger partial charge in [0.15, 0.2) is 5.69 Å². The average Bonchev–Trinajstić information content (AvgIpc) is 3.44. The van der Waals surface area contributed by atoms with Gasteiger partial charge in [-0.3, -0.25) is 9.59 Å². The first-order chi connectivity index (χ1) is 16.9. The molecule has 0 bridgehead atoms. The SMILES string of the molecule is C#CC(=C/C=C(\C)c1cc(N=C(C)N/C(C=C)=C\n2cc(C(=O)NC)nn2)c(C(N)=O)[nH]1)C(C)(C)O. The predicted octanol–water partition coefficient (Wildman–Crippen LogP) is 2.12. The smallest absolute Gasteiger partial charge is 0.273 e. The van der Waals surface area contributed by atoms with E-state index in [0.29, 0.717) is 28.5 Å². The highest BCUT2D eigenvalue weighted by molar-refractivity contribution is 5.99. The van der Waals surface area contributed by atoms with Crippen LogP contribution in [0.1, 0.15) is 54.4 Å². The van der Waals surface area contributed by atoms with Crippen molar-refractivity contribution in [1.29, 1.82) is 0 Å². The van der Waals surface area contributed by atoms with Gasteiger partial charge in [0.25, 0.3) is 11.8 Å². The molecule has 188 valence electrons. The summed E-state index contributed by atoms with van der Waals surface area (Å²) in [5.41, 5.74) is 7.24. The molecule has 2 rings (SSSR count). The third kappa shape index (κ3) is 7.15. The van der Waals surface area contributed by atoms with Gasteiger partial charge in [-0.05, 0) is 51.5 Å². The Morgan fingerprint density at radius 2 is 2.06 bits per heavy atom. The van der Waals surface area contributed by atoms with Crippen molar-refractivity contribution >= 4 is 35.1 Å². The lowest BCUT2D eigenvalue weighted by atomic mass is 9.98. The van der Waals surface area contributed by atoms with Crippen molar-refractivity contribution in [2.45, 2.75) is 33.3 Å². The molecule has 0 spiro atoms. The van der Waals surface area contributed by atoms with Gasteiger partial charge in [0.05, 0.1) is 29.4 Å². The lowest BCUT2D eigenvalue weighted by Gasteiger charge is -2.16. The minimum absolute atomic E-state index is 0.123. The highest BCUT2D eigenvalue weighted by Gasteiger charge is 2.17. The zero-order chi connectivity index (χ0) is 27.0. The van der Waals surface area contributed by atoms with E-state index in [1.54, 1.807) is 45.2 Å². The second-order valence-electron chi connectivity index (χ2n) is 8.21. The first-order valence-electron chi connectivity index (χ1n) is 10.8. The molecule has 0 aliphatic rings. The van der Waals surface area contributed by atoms with Crippen LogP contribution in [0.2, 0.25) is 0 Å². The molecule has 11 heteroatoms. The van der Waals surface area contributed by atoms with Crippen molar-refractivity contribution in [3.8, 4) is 12.3 Å². The Hall–Kier alpha value is -4.69. The first kappa shape index (κ1) is 27.6. The summed E-state index contributed by atoms with van der Waals surface area (Å²) >= 11 is 0. The van der Waals surface area contributed by atoms with Crippen molar-refractivity contribution in [3.05, 3.63) is 65.4 Å². The van der Waals surface area contributed by atoms with E-state index in [2.05, 4.69) is 43.4 Å². The van der Waals surface area contributed by atoms with Crippen LogP contribution < -0.4 is 16.4 Å². The van der Waals surface area contributed by atoms with Gasteiger partial charge >= 0.3 is 0 Å². The fraction of sp³-hybridized carbons (Fsp3) is 0.240. The second-order valence-corrected chi connectivity index (χ2v) is 8.21. The van der Waals surface area contributed by atoms with Gasteiger partial charge < -0.3 is 26.5 Å². The van der Waals surface area contributed by atoms with Crippen LogP contribution in [0.15, 0.2) is 53.3 Å². The number of amidine groups is 1. The standard InChI is InChI=1S/C25H30N8O3/c1-8-17(25(5,6)36)11-10-15(3)19-12-20(22(30-19)23(26)34)29-16(4)28-18(9-2)13-33-14-21(31-32-33)24(35)27-7/h1,9-14,30,36H,2H2,3-7H3,(H2,26,34)(H,27,35)(H,28,29)/b15-10+,17-11?,18-13-. The number of carbonyl (C=O) groups excluding carboxylic acids is 2. The number of hydrogen-bond donors (Lipinski definition) is 5. The third-order valence-corrected chi connectivity index (χ3v) is 4.86. The van der Waals surface area contributed by atoms with E-state index in [4.69, 9.17) is 12.2 Å². The fourth-order valence-electron chi connectivity index (χ4n) is 2.93.